The zero-order chi connectivity index (χ0) is 8.55. The van der Waals surface area contributed by atoms with E-state index in [9.17, 15) is 4.79 Å². The summed E-state index contributed by atoms with van der Waals surface area (Å²) < 4.78 is 0. The van der Waals surface area contributed by atoms with Crippen molar-refractivity contribution in [3.8, 4) is 0 Å². The fourth-order valence-electron chi connectivity index (χ4n) is 1.00. The molecule has 2 heterocycles. The Morgan fingerprint density at radius 3 is 2.92 bits per heavy atom. The molecule has 0 unspecified atom stereocenters. The van der Waals surface area contributed by atoms with Gasteiger partial charge in [-0.1, -0.05) is 0 Å². The Morgan fingerprint density at radius 1 is 1.54 bits per heavy atom. The summed E-state index contributed by atoms with van der Waals surface area (Å²) in [4.78, 5) is 21.2. The van der Waals surface area contributed by atoms with Crippen LogP contribution in [0.15, 0.2) is 18.6 Å². The predicted molar refractivity (Wildman–Crippen MR) is 49.7 cm³/mol. The van der Waals surface area contributed by atoms with E-state index in [-0.39, 0.29) is 12.4 Å². The lowest BCUT2D eigenvalue weighted by Crippen LogP contribution is -2.10. The van der Waals surface area contributed by atoms with Gasteiger partial charge in [0.1, 0.15) is 17.7 Å². The maximum absolute atomic E-state index is 10.7. The van der Waals surface area contributed by atoms with Crippen LogP contribution in [-0.4, -0.2) is 20.9 Å². The fourth-order valence-corrected chi connectivity index (χ4v) is 1.00. The van der Waals surface area contributed by atoms with Crippen LogP contribution in [0.2, 0.25) is 0 Å². The van der Waals surface area contributed by atoms with Crippen molar-refractivity contribution in [2.45, 2.75) is 0 Å². The molecule has 0 aliphatic carbocycles. The van der Waals surface area contributed by atoms with E-state index in [0.29, 0.717) is 11.3 Å². The number of aromatic amines is 1. The molecule has 0 saturated heterocycles. The second kappa shape index (κ2) is 3.40. The molecule has 3 N–H and O–H groups in total. The van der Waals surface area contributed by atoms with E-state index in [2.05, 4.69) is 15.0 Å². The highest BCUT2D eigenvalue weighted by Gasteiger charge is 2.04. The smallest absolute Gasteiger partial charge is 0.265 e. The lowest BCUT2D eigenvalue weighted by Gasteiger charge is -1.84. The number of halogens is 1. The number of H-pyrrole nitrogens is 1. The number of aromatic nitrogens is 3. The van der Waals surface area contributed by atoms with Crippen molar-refractivity contribution in [1.82, 2.24) is 15.0 Å². The largest absolute Gasteiger partial charge is 0.364 e. The van der Waals surface area contributed by atoms with Crippen LogP contribution >= 0.6 is 12.4 Å². The molecule has 0 saturated carbocycles. The predicted octanol–water partition coefficient (Wildman–Crippen LogP) is 0.479. The number of carbonyl (C=O) groups excluding carboxylic acids is 1. The third-order valence-electron chi connectivity index (χ3n) is 1.56. The Bertz CT molecular complexity index is 406. The average molecular weight is 199 g/mol. The highest BCUT2D eigenvalue weighted by molar-refractivity contribution is 5.95. The monoisotopic (exact) mass is 198 g/mol. The van der Waals surface area contributed by atoms with Crippen molar-refractivity contribution < 1.29 is 4.79 Å². The number of primary amides is 1. The highest BCUT2D eigenvalue weighted by Crippen LogP contribution is 2.09. The van der Waals surface area contributed by atoms with Gasteiger partial charge in [-0.15, -0.1) is 12.4 Å². The van der Waals surface area contributed by atoms with Crippen LogP contribution in [0.5, 0.6) is 0 Å². The number of amides is 1. The minimum atomic E-state index is -0.493. The zero-order valence-corrected chi connectivity index (χ0v) is 7.34. The van der Waals surface area contributed by atoms with Crippen molar-refractivity contribution in [3.63, 3.8) is 0 Å². The summed E-state index contributed by atoms with van der Waals surface area (Å²) in [5.41, 5.74) is 6.04. The molecular weight excluding hydrogens is 192 g/mol. The molecule has 2 rings (SSSR count). The van der Waals surface area contributed by atoms with E-state index < -0.39 is 5.91 Å². The van der Waals surface area contributed by atoms with Crippen LogP contribution in [0.1, 0.15) is 10.5 Å². The van der Waals surface area contributed by atoms with E-state index >= 15 is 0 Å². The van der Waals surface area contributed by atoms with Gasteiger partial charge in [-0.2, -0.15) is 0 Å². The molecular formula is C7H7ClN4O. The van der Waals surface area contributed by atoms with Crippen molar-refractivity contribution in [3.05, 3.63) is 24.3 Å². The molecule has 0 aliphatic rings. The Hall–Kier alpha value is -1.62. The molecule has 68 valence electrons. The number of rotatable bonds is 1. The van der Waals surface area contributed by atoms with Gasteiger partial charge in [0.25, 0.3) is 5.91 Å². The van der Waals surface area contributed by atoms with Crippen LogP contribution in [0, 0.1) is 0 Å². The number of carbonyl (C=O) groups is 1. The van der Waals surface area contributed by atoms with E-state index in [4.69, 9.17) is 5.73 Å². The van der Waals surface area contributed by atoms with E-state index in [1.807, 2.05) is 0 Å². The van der Waals surface area contributed by atoms with Gasteiger partial charge >= 0.3 is 0 Å². The molecule has 0 atom stereocenters. The Kier molecular flexibility index (Phi) is 2.48. The minimum absolute atomic E-state index is 0. The second-order valence-corrected chi connectivity index (χ2v) is 2.37. The molecule has 1 amide bonds. The standard InChI is InChI=1S/C7H6N4O.ClH/c8-6(12)5-1-4-2-9-3-10-7(4)11-5;/h1-3H,(H2,8,12)(H,9,10,11);1H. The third kappa shape index (κ3) is 1.59. The number of nitrogens with zero attached hydrogens (tertiary/aromatic N) is 2. The van der Waals surface area contributed by atoms with Crippen LogP contribution in [0.25, 0.3) is 11.0 Å². The first-order valence-electron chi connectivity index (χ1n) is 3.36. The summed E-state index contributed by atoms with van der Waals surface area (Å²) in [7, 11) is 0. The van der Waals surface area contributed by atoms with E-state index in [1.165, 1.54) is 6.33 Å². The molecule has 0 spiro atoms. The van der Waals surface area contributed by atoms with Gasteiger partial charge in [0.2, 0.25) is 0 Å². The van der Waals surface area contributed by atoms with Crippen LogP contribution in [-0.2, 0) is 0 Å². The zero-order valence-electron chi connectivity index (χ0n) is 6.52. The Balaban J connectivity index is 0.000000845. The molecule has 13 heavy (non-hydrogen) atoms. The summed E-state index contributed by atoms with van der Waals surface area (Å²) in [6.07, 6.45) is 3.02. The quantitative estimate of drug-likeness (QED) is 0.699. The lowest BCUT2D eigenvalue weighted by molar-refractivity contribution is 0.0996. The first kappa shape index (κ1) is 9.47. The molecule has 0 radical (unpaired) electrons. The summed E-state index contributed by atoms with van der Waals surface area (Å²) >= 11 is 0. The van der Waals surface area contributed by atoms with Crippen molar-refractivity contribution in [2.24, 2.45) is 5.73 Å². The van der Waals surface area contributed by atoms with E-state index in [0.717, 1.165) is 5.39 Å². The lowest BCUT2D eigenvalue weighted by atomic mass is 10.3. The van der Waals surface area contributed by atoms with Gasteiger partial charge in [-0.05, 0) is 6.07 Å². The summed E-state index contributed by atoms with van der Waals surface area (Å²) in [5, 5.41) is 0.784. The SMILES string of the molecule is Cl.NC(=O)c1cc2cncnc2[nH]1. The normalized spacial score (nSPS) is 9.54. The average Bonchev–Trinajstić information content (AvgIpc) is 2.46. The van der Waals surface area contributed by atoms with Gasteiger partial charge in [0, 0.05) is 11.6 Å². The van der Waals surface area contributed by atoms with Crippen LogP contribution < -0.4 is 5.73 Å². The van der Waals surface area contributed by atoms with Gasteiger partial charge in [-0.3, -0.25) is 4.79 Å². The molecule has 6 heteroatoms. The minimum Gasteiger partial charge on any atom is -0.364 e. The topological polar surface area (TPSA) is 84.7 Å². The second-order valence-electron chi connectivity index (χ2n) is 2.37. The Labute approximate surface area is 79.8 Å². The maximum atomic E-state index is 10.7. The summed E-state index contributed by atoms with van der Waals surface area (Å²) in [6, 6.07) is 1.62. The molecule has 0 bridgehead atoms. The first-order valence-corrected chi connectivity index (χ1v) is 3.36. The number of fused-ring (bicyclic) bond motifs is 1. The maximum Gasteiger partial charge on any atom is 0.265 e. The molecule has 0 aliphatic heterocycles. The molecule has 2 aromatic heterocycles. The van der Waals surface area contributed by atoms with Crippen molar-refractivity contribution >= 4 is 29.3 Å². The van der Waals surface area contributed by atoms with E-state index in [1.54, 1.807) is 12.3 Å². The Morgan fingerprint density at radius 2 is 2.31 bits per heavy atom. The number of nitrogens with two attached hydrogens (primary N) is 1. The highest BCUT2D eigenvalue weighted by atomic mass is 35.5. The fraction of sp³-hybridized carbons (Fsp3) is 0. The van der Waals surface area contributed by atoms with Crippen molar-refractivity contribution in [2.75, 3.05) is 0 Å². The third-order valence-corrected chi connectivity index (χ3v) is 1.56. The van der Waals surface area contributed by atoms with Gasteiger partial charge in [0.15, 0.2) is 0 Å². The number of nitrogens with one attached hydrogen (secondary N) is 1. The van der Waals surface area contributed by atoms with Crippen LogP contribution in [0.3, 0.4) is 0 Å². The van der Waals surface area contributed by atoms with Crippen molar-refractivity contribution in [1.29, 1.82) is 0 Å². The van der Waals surface area contributed by atoms with Gasteiger partial charge < -0.3 is 10.7 Å². The summed E-state index contributed by atoms with van der Waals surface area (Å²) in [6.45, 7) is 0. The first-order chi connectivity index (χ1) is 5.77. The molecule has 2 aromatic rings. The molecule has 5 nitrogen and oxygen atoms in total. The van der Waals surface area contributed by atoms with Gasteiger partial charge in [0.05, 0.1) is 0 Å². The van der Waals surface area contributed by atoms with Crippen LogP contribution in [0.4, 0.5) is 0 Å². The number of hydrogen-bond donors (Lipinski definition) is 2. The van der Waals surface area contributed by atoms with Gasteiger partial charge in [-0.25, -0.2) is 9.97 Å². The molecule has 0 aromatic carbocycles. The molecule has 0 fully saturated rings. The summed E-state index contributed by atoms with van der Waals surface area (Å²) in [5.74, 6) is -0.493. The number of hydrogen-bond acceptors (Lipinski definition) is 3.